The molecule has 0 aromatic heterocycles. The second-order valence-corrected chi connectivity index (χ2v) is 6.22. The Morgan fingerprint density at radius 2 is 2.15 bits per heavy atom. The van der Waals surface area contributed by atoms with Crippen molar-refractivity contribution in [2.24, 2.45) is 0 Å². The standard InChI is InChI=1S/C13H13Br2NO4/c14-8-1-2-11(15)10(5-8)13(19)16-3-4-20-7-9(16)6-12(17)18/h1-2,5,9H,3-4,6-7H2,(H,17,18). The van der Waals surface area contributed by atoms with Gasteiger partial charge in [0, 0.05) is 15.5 Å². The maximum absolute atomic E-state index is 12.6. The van der Waals surface area contributed by atoms with E-state index in [0.29, 0.717) is 23.2 Å². The molecule has 0 radical (unpaired) electrons. The molecule has 20 heavy (non-hydrogen) atoms. The Morgan fingerprint density at radius 1 is 1.40 bits per heavy atom. The zero-order valence-corrected chi connectivity index (χ0v) is 13.7. The van der Waals surface area contributed by atoms with Crippen molar-refractivity contribution in [2.75, 3.05) is 19.8 Å². The molecule has 1 N–H and O–H groups in total. The Bertz CT molecular complexity index is 535. The van der Waals surface area contributed by atoms with Gasteiger partial charge in [-0.2, -0.15) is 0 Å². The molecule has 0 spiro atoms. The molecule has 1 aliphatic rings. The maximum atomic E-state index is 12.6. The second kappa shape index (κ2) is 6.69. The summed E-state index contributed by atoms with van der Waals surface area (Å²) in [4.78, 5) is 25.0. The highest BCUT2D eigenvalue weighted by Gasteiger charge is 2.30. The number of halogens is 2. The molecule has 1 aliphatic heterocycles. The minimum atomic E-state index is -0.938. The van der Waals surface area contributed by atoms with Gasteiger partial charge in [-0.15, -0.1) is 0 Å². The smallest absolute Gasteiger partial charge is 0.305 e. The number of benzene rings is 1. The van der Waals surface area contributed by atoms with Gasteiger partial charge in [-0.1, -0.05) is 15.9 Å². The predicted octanol–water partition coefficient (Wildman–Crippen LogP) is 2.53. The lowest BCUT2D eigenvalue weighted by molar-refractivity contribution is -0.139. The first-order valence-corrected chi connectivity index (χ1v) is 7.63. The maximum Gasteiger partial charge on any atom is 0.305 e. The zero-order valence-electron chi connectivity index (χ0n) is 10.5. The summed E-state index contributed by atoms with van der Waals surface area (Å²) in [6.07, 6.45) is -0.114. The first-order valence-electron chi connectivity index (χ1n) is 6.04. The molecule has 0 aliphatic carbocycles. The second-order valence-electron chi connectivity index (χ2n) is 4.45. The number of rotatable bonds is 3. The molecular formula is C13H13Br2NO4. The van der Waals surface area contributed by atoms with Crippen LogP contribution in [0.2, 0.25) is 0 Å². The van der Waals surface area contributed by atoms with Gasteiger partial charge < -0.3 is 14.7 Å². The van der Waals surface area contributed by atoms with Crippen molar-refractivity contribution in [2.45, 2.75) is 12.5 Å². The van der Waals surface area contributed by atoms with E-state index in [1.165, 1.54) is 0 Å². The number of carbonyl (C=O) groups is 2. The van der Waals surface area contributed by atoms with Gasteiger partial charge in [0.25, 0.3) is 5.91 Å². The fourth-order valence-corrected chi connectivity index (χ4v) is 2.89. The van der Waals surface area contributed by atoms with Crippen molar-refractivity contribution in [3.05, 3.63) is 32.7 Å². The molecule has 0 bridgehead atoms. The van der Waals surface area contributed by atoms with Gasteiger partial charge in [-0.25, -0.2) is 0 Å². The van der Waals surface area contributed by atoms with Crippen molar-refractivity contribution in [1.29, 1.82) is 0 Å². The van der Waals surface area contributed by atoms with Crippen LogP contribution >= 0.6 is 31.9 Å². The Morgan fingerprint density at radius 3 is 2.85 bits per heavy atom. The molecule has 1 saturated heterocycles. The predicted molar refractivity (Wildman–Crippen MR) is 79.7 cm³/mol. The van der Waals surface area contributed by atoms with Crippen LogP contribution in [0.1, 0.15) is 16.8 Å². The largest absolute Gasteiger partial charge is 0.481 e. The van der Waals surface area contributed by atoms with E-state index in [9.17, 15) is 9.59 Å². The average molecular weight is 407 g/mol. The summed E-state index contributed by atoms with van der Waals surface area (Å²) in [5.41, 5.74) is 0.511. The Balaban J connectivity index is 2.25. The van der Waals surface area contributed by atoms with E-state index in [4.69, 9.17) is 9.84 Å². The van der Waals surface area contributed by atoms with E-state index in [0.717, 1.165) is 4.47 Å². The molecule has 2 rings (SSSR count). The summed E-state index contributed by atoms with van der Waals surface area (Å²) >= 11 is 6.69. The number of hydrogen-bond donors (Lipinski definition) is 1. The molecule has 1 unspecified atom stereocenters. The Hall–Kier alpha value is -0.920. The summed E-state index contributed by atoms with van der Waals surface area (Å²) in [5.74, 6) is -1.13. The number of carboxylic acid groups (broad SMARTS) is 1. The van der Waals surface area contributed by atoms with Crippen LogP contribution in [0.3, 0.4) is 0 Å². The molecule has 0 saturated carbocycles. The van der Waals surface area contributed by atoms with Crippen LogP contribution < -0.4 is 0 Å². The van der Waals surface area contributed by atoms with E-state index < -0.39 is 12.0 Å². The van der Waals surface area contributed by atoms with Crippen molar-refractivity contribution in [3.63, 3.8) is 0 Å². The Labute approximate surface area is 133 Å². The quantitative estimate of drug-likeness (QED) is 0.837. The molecule has 1 aromatic rings. The minimum absolute atomic E-state index is 0.114. The van der Waals surface area contributed by atoms with Crippen LogP contribution in [0.15, 0.2) is 27.1 Å². The summed E-state index contributed by atoms with van der Waals surface area (Å²) in [6.45, 7) is 1.08. The number of hydrogen-bond acceptors (Lipinski definition) is 3. The van der Waals surface area contributed by atoms with Gasteiger partial charge in [0.1, 0.15) is 0 Å². The lowest BCUT2D eigenvalue weighted by Crippen LogP contribution is -2.49. The third-order valence-corrected chi connectivity index (χ3v) is 4.24. The SMILES string of the molecule is O=C(O)CC1COCCN1C(=O)c1cc(Br)ccc1Br. The van der Waals surface area contributed by atoms with E-state index >= 15 is 0 Å². The number of aliphatic carboxylic acids is 1. The summed E-state index contributed by atoms with van der Waals surface area (Å²) in [6, 6.07) is 4.90. The normalized spacial score (nSPS) is 18.9. The van der Waals surface area contributed by atoms with Crippen LogP contribution in [0.5, 0.6) is 0 Å². The number of nitrogens with zero attached hydrogens (tertiary/aromatic N) is 1. The van der Waals surface area contributed by atoms with Crippen molar-refractivity contribution in [1.82, 2.24) is 4.90 Å². The first-order chi connectivity index (χ1) is 9.49. The molecule has 108 valence electrons. The molecule has 1 fully saturated rings. The van der Waals surface area contributed by atoms with Crippen LogP contribution in [0.25, 0.3) is 0 Å². The lowest BCUT2D eigenvalue weighted by atomic mass is 10.1. The van der Waals surface area contributed by atoms with Crippen molar-refractivity contribution in [3.8, 4) is 0 Å². The molecule has 1 heterocycles. The summed E-state index contributed by atoms with van der Waals surface area (Å²) in [7, 11) is 0. The minimum Gasteiger partial charge on any atom is -0.481 e. The van der Waals surface area contributed by atoms with Gasteiger partial charge in [0.05, 0.1) is 31.2 Å². The fraction of sp³-hybridized carbons (Fsp3) is 0.385. The number of amides is 1. The molecule has 7 heteroatoms. The van der Waals surface area contributed by atoms with E-state index in [-0.39, 0.29) is 18.9 Å². The third kappa shape index (κ3) is 3.59. The molecule has 1 aromatic carbocycles. The fourth-order valence-electron chi connectivity index (χ4n) is 2.11. The zero-order chi connectivity index (χ0) is 14.7. The van der Waals surface area contributed by atoms with Crippen LogP contribution in [-0.4, -0.2) is 47.7 Å². The number of ether oxygens (including phenoxy) is 1. The highest BCUT2D eigenvalue weighted by atomic mass is 79.9. The monoisotopic (exact) mass is 405 g/mol. The van der Waals surface area contributed by atoms with Crippen LogP contribution in [0, 0.1) is 0 Å². The van der Waals surface area contributed by atoms with E-state index in [2.05, 4.69) is 31.9 Å². The van der Waals surface area contributed by atoms with Gasteiger partial charge in [0.2, 0.25) is 0 Å². The van der Waals surface area contributed by atoms with Crippen molar-refractivity contribution < 1.29 is 19.4 Å². The van der Waals surface area contributed by atoms with Gasteiger partial charge >= 0.3 is 5.97 Å². The van der Waals surface area contributed by atoms with Crippen LogP contribution in [-0.2, 0) is 9.53 Å². The van der Waals surface area contributed by atoms with Gasteiger partial charge in [-0.05, 0) is 34.1 Å². The highest BCUT2D eigenvalue weighted by Crippen LogP contribution is 2.24. The third-order valence-electron chi connectivity index (χ3n) is 3.06. The number of carboxylic acids is 1. The topological polar surface area (TPSA) is 66.8 Å². The molecule has 1 amide bonds. The van der Waals surface area contributed by atoms with Crippen LogP contribution in [0.4, 0.5) is 0 Å². The van der Waals surface area contributed by atoms with E-state index in [1.807, 2.05) is 6.07 Å². The summed E-state index contributed by atoms with van der Waals surface area (Å²) in [5, 5.41) is 8.92. The Kier molecular flexibility index (Phi) is 5.17. The number of morpholine rings is 1. The first kappa shape index (κ1) is 15.5. The highest BCUT2D eigenvalue weighted by molar-refractivity contribution is 9.11. The molecular weight excluding hydrogens is 394 g/mol. The van der Waals surface area contributed by atoms with Gasteiger partial charge in [-0.3, -0.25) is 9.59 Å². The van der Waals surface area contributed by atoms with Gasteiger partial charge in [0.15, 0.2) is 0 Å². The van der Waals surface area contributed by atoms with E-state index in [1.54, 1.807) is 17.0 Å². The average Bonchev–Trinajstić information content (AvgIpc) is 2.41. The van der Waals surface area contributed by atoms with Crippen molar-refractivity contribution >= 4 is 43.7 Å². The lowest BCUT2D eigenvalue weighted by Gasteiger charge is -2.35. The molecule has 1 atom stereocenters. The number of carbonyl (C=O) groups excluding carboxylic acids is 1. The molecule has 5 nitrogen and oxygen atoms in total. The summed E-state index contributed by atoms with van der Waals surface area (Å²) < 4.78 is 6.76.